The minimum absolute atomic E-state index is 0.00640. The predicted octanol–water partition coefficient (Wildman–Crippen LogP) is 3.78. The summed E-state index contributed by atoms with van der Waals surface area (Å²) in [6.07, 6.45) is 0. The Balaban J connectivity index is 2.04. The largest absolute Gasteiger partial charge is 0.332 e. The number of carbonyl (C=O) groups excluding carboxylic acids is 2. The number of hydrogen-bond donors (Lipinski definition) is 1. The Morgan fingerprint density at radius 2 is 1.83 bits per heavy atom. The zero-order valence-electron chi connectivity index (χ0n) is 13.4. The van der Waals surface area contributed by atoms with Crippen LogP contribution in [0.1, 0.15) is 21.5 Å². The molecule has 0 aliphatic heterocycles. The second-order valence-corrected chi connectivity index (χ2v) is 6.36. The van der Waals surface area contributed by atoms with Gasteiger partial charge in [0.15, 0.2) is 0 Å². The van der Waals surface area contributed by atoms with Crippen LogP contribution in [0.2, 0.25) is 0 Å². The highest BCUT2D eigenvalue weighted by molar-refractivity contribution is 9.10. The first-order chi connectivity index (χ1) is 10.9. The minimum Gasteiger partial charge on any atom is -0.332 e. The number of nitrogens with one attached hydrogen (secondary N) is 1. The molecule has 2 amide bonds. The first kappa shape index (κ1) is 17.2. The van der Waals surface area contributed by atoms with E-state index in [1.807, 2.05) is 38.1 Å². The molecular formula is C18H19BrN2O2. The van der Waals surface area contributed by atoms with Gasteiger partial charge in [-0.2, -0.15) is 0 Å². The molecule has 0 radical (unpaired) electrons. The van der Waals surface area contributed by atoms with Gasteiger partial charge in [-0.3, -0.25) is 9.59 Å². The first-order valence-corrected chi connectivity index (χ1v) is 8.05. The predicted molar refractivity (Wildman–Crippen MR) is 95.6 cm³/mol. The van der Waals surface area contributed by atoms with Crippen LogP contribution in [0.4, 0.5) is 5.69 Å². The Kier molecular flexibility index (Phi) is 5.55. The van der Waals surface area contributed by atoms with Crippen molar-refractivity contribution >= 4 is 33.4 Å². The molecule has 0 heterocycles. The van der Waals surface area contributed by atoms with Gasteiger partial charge in [-0.25, -0.2) is 0 Å². The van der Waals surface area contributed by atoms with E-state index in [0.29, 0.717) is 10.0 Å². The molecule has 0 aliphatic carbocycles. The van der Waals surface area contributed by atoms with Crippen LogP contribution in [-0.2, 0) is 4.79 Å². The molecule has 1 N–H and O–H groups in total. The van der Waals surface area contributed by atoms with E-state index in [-0.39, 0.29) is 18.4 Å². The summed E-state index contributed by atoms with van der Waals surface area (Å²) in [4.78, 5) is 26.0. The molecule has 23 heavy (non-hydrogen) atoms. The maximum atomic E-state index is 12.4. The van der Waals surface area contributed by atoms with Gasteiger partial charge in [-0.15, -0.1) is 0 Å². The Labute approximate surface area is 144 Å². The van der Waals surface area contributed by atoms with Crippen molar-refractivity contribution in [3.63, 3.8) is 0 Å². The van der Waals surface area contributed by atoms with Crippen molar-refractivity contribution in [2.24, 2.45) is 0 Å². The van der Waals surface area contributed by atoms with Crippen LogP contribution < -0.4 is 5.32 Å². The van der Waals surface area contributed by atoms with Gasteiger partial charge < -0.3 is 10.2 Å². The summed E-state index contributed by atoms with van der Waals surface area (Å²) in [5, 5.41) is 2.86. The van der Waals surface area contributed by atoms with Crippen LogP contribution in [0.3, 0.4) is 0 Å². The standard InChI is InChI=1S/C18H19BrN2O2/c1-12-8-9-13(2)16(10-12)20-17(22)11-21(3)18(23)14-6-4-5-7-15(14)19/h4-10H,11H2,1-3H3,(H,20,22). The molecule has 0 saturated carbocycles. The third-order valence-electron chi connectivity index (χ3n) is 3.50. The number of nitrogens with zero attached hydrogens (tertiary/aromatic N) is 1. The van der Waals surface area contributed by atoms with E-state index < -0.39 is 0 Å². The van der Waals surface area contributed by atoms with Crippen molar-refractivity contribution in [1.29, 1.82) is 0 Å². The van der Waals surface area contributed by atoms with Crippen molar-refractivity contribution in [3.05, 3.63) is 63.6 Å². The number of anilines is 1. The normalized spacial score (nSPS) is 10.3. The van der Waals surface area contributed by atoms with Gasteiger partial charge >= 0.3 is 0 Å². The van der Waals surface area contributed by atoms with Crippen LogP contribution >= 0.6 is 15.9 Å². The molecule has 0 bridgehead atoms. The molecule has 2 aromatic carbocycles. The lowest BCUT2D eigenvalue weighted by Crippen LogP contribution is -2.35. The number of aryl methyl sites for hydroxylation is 2. The van der Waals surface area contributed by atoms with Gasteiger partial charge in [-0.05, 0) is 59.1 Å². The molecule has 2 aromatic rings. The van der Waals surface area contributed by atoms with Gasteiger partial charge in [-0.1, -0.05) is 24.3 Å². The van der Waals surface area contributed by atoms with E-state index in [0.717, 1.165) is 16.8 Å². The average molecular weight is 375 g/mol. The number of carbonyl (C=O) groups is 2. The zero-order valence-corrected chi connectivity index (χ0v) is 15.0. The molecule has 0 spiro atoms. The van der Waals surface area contributed by atoms with E-state index in [9.17, 15) is 9.59 Å². The summed E-state index contributed by atoms with van der Waals surface area (Å²) >= 11 is 3.35. The van der Waals surface area contributed by atoms with Crippen molar-refractivity contribution < 1.29 is 9.59 Å². The molecule has 0 fully saturated rings. The van der Waals surface area contributed by atoms with Crippen molar-refractivity contribution in [1.82, 2.24) is 4.90 Å². The van der Waals surface area contributed by atoms with E-state index >= 15 is 0 Å². The summed E-state index contributed by atoms with van der Waals surface area (Å²) in [6.45, 7) is 3.90. The third-order valence-corrected chi connectivity index (χ3v) is 4.19. The highest BCUT2D eigenvalue weighted by atomic mass is 79.9. The number of rotatable bonds is 4. The molecule has 0 atom stereocenters. The summed E-state index contributed by atoms with van der Waals surface area (Å²) in [6, 6.07) is 13.0. The number of hydrogen-bond acceptors (Lipinski definition) is 2. The Hall–Kier alpha value is -2.14. The maximum Gasteiger partial charge on any atom is 0.255 e. The summed E-state index contributed by atoms with van der Waals surface area (Å²) < 4.78 is 0.715. The quantitative estimate of drug-likeness (QED) is 0.884. The second-order valence-electron chi connectivity index (χ2n) is 5.51. The molecule has 2 rings (SSSR count). The van der Waals surface area contributed by atoms with E-state index in [2.05, 4.69) is 21.2 Å². The van der Waals surface area contributed by atoms with Gasteiger partial charge in [0.1, 0.15) is 0 Å². The number of benzene rings is 2. The van der Waals surface area contributed by atoms with Crippen molar-refractivity contribution in [2.45, 2.75) is 13.8 Å². The number of halogens is 1. The molecular weight excluding hydrogens is 356 g/mol. The maximum absolute atomic E-state index is 12.4. The van der Waals surface area contributed by atoms with Crippen molar-refractivity contribution in [2.75, 3.05) is 18.9 Å². The van der Waals surface area contributed by atoms with E-state index in [1.54, 1.807) is 25.2 Å². The average Bonchev–Trinajstić information content (AvgIpc) is 2.50. The smallest absolute Gasteiger partial charge is 0.255 e. The van der Waals surface area contributed by atoms with E-state index in [4.69, 9.17) is 0 Å². The molecule has 120 valence electrons. The number of likely N-dealkylation sites (N-methyl/N-ethyl adjacent to an activating group) is 1. The lowest BCUT2D eigenvalue weighted by Gasteiger charge is -2.18. The lowest BCUT2D eigenvalue weighted by molar-refractivity contribution is -0.116. The molecule has 0 saturated heterocycles. The molecule has 5 heteroatoms. The zero-order chi connectivity index (χ0) is 17.0. The first-order valence-electron chi connectivity index (χ1n) is 7.25. The fourth-order valence-electron chi connectivity index (χ4n) is 2.19. The minimum atomic E-state index is -0.221. The topological polar surface area (TPSA) is 49.4 Å². The molecule has 0 aromatic heterocycles. The van der Waals surface area contributed by atoms with Crippen LogP contribution in [0.5, 0.6) is 0 Å². The van der Waals surface area contributed by atoms with Gasteiger partial charge in [0.25, 0.3) is 5.91 Å². The van der Waals surface area contributed by atoms with Gasteiger partial charge in [0, 0.05) is 17.2 Å². The fourth-order valence-corrected chi connectivity index (χ4v) is 2.64. The summed E-state index contributed by atoms with van der Waals surface area (Å²) in [5.74, 6) is -0.421. The monoisotopic (exact) mass is 374 g/mol. The lowest BCUT2D eigenvalue weighted by atomic mass is 10.1. The summed E-state index contributed by atoms with van der Waals surface area (Å²) in [5.41, 5.74) is 3.37. The second kappa shape index (κ2) is 7.42. The Morgan fingerprint density at radius 3 is 2.52 bits per heavy atom. The van der Waals surface area contributed by atoms with Gasteiger partial charge in [0.2, 0.25) is 5.91 Å². The van der Waals surface area contributed by atoms with Crippen LogP contribution in [0, 0.1) is 13.8 Å². The SMILES string of the molecule is Cc1ccc(C)c(NC(=O)CN(C)C(=O)c2ccccc2Br)c1. The highest BCUT2D eigenvalue weighted by Crippen LogP contribution is 2.18. The van der Waals surface area contributed by atoms with Gasteiger partial charge in [0.05, 0.1) is 12.1 Å². The highest BCUT2D eigenvalue weighted by Gasteiger charge is 2.17. The molecule has 0 aliphatic rings. The third kappa shape index (κ3) is 4.42. The van der Waals surface area contributed by atoms with Crippen LogP contribution in [-0.4, -0.2) is 30.3 Å². The summed E-state index contributed by atoms with van der Waals surface area (Å²) in [7, 11) is 1.62. The van der Waals surface area contributed by atoms with Crippen LogP contribution in [0.15, 0.2) is 46.9 Å². The number of amides is 2. The van der Waals surface area contributed by atoms with E-state index in [1.165, 1.54) is 4.90 Å². The Bertz CT molecular complexity index is 744. The Morgan fingerprint density at radius 1 is 1.13 bits per heavy atom. The van der Waals surface area contributed by atoms with Crippen molar-refractivity contribution in [3.8, 4) is 0 Å². The molecule has 4 nitrogen and oxygen atoms in total. The van der Waals surface area contributed by atoms with Crippen LogP contribution in [0.25, 0.3) is 0 Å². The fraction of sp³-hybridized carbons (Fsp3) is 0.222. The molecule has 0 unspecified atom stereocenters.